The quantitative estimate of drug-likeness (QED) is 0.568. The van der Waals surface area contributed by atoms with E-state index >= 15 is 0 Å². The van der Waals surface area contributed by atoms with Crippen LogP contribution in [-0.4, -0.2) is 36.9 Å². The molecule has 0 radical (unpaired) electrons. The molecular weight excluding hydrogens is 222 g/mol. The minimum absolute atomic E-state index is 0.148. The van der Waals surface area contributed by atoms with E-state index in [4.69, 9.17) is 8.97 Å². The van der Waals surface area contributed by atoms with E-state index in [1.165, 1.54) is 0 Å². The molecule has 7 nitrogen and oxygen atoms in total. The van der Waals surface area contributed by atoms with Gasteiger partial charge in [-0.2, -0.15) is 4.21 Å². The first kappa shape index (κ1) is 12.1. The van der Waals surface area contributed by atoms with Crippen molar-refractivity contribution in [2.45, 2.75) is 19.4 Å². The average Bonchev–Trinajstić information content (AvgIpc) is 2.52. The number of hydrogen-bond acceptors (Lipinski definition) is 4. The molecule has 1 rings (SSSR count). The predicted octanol–water partition coefficient (Wildman–Crippen LogP) is 0.0271. The van der Waals surface area contributed by atoms with Gasteiger partial charge in [-0.15, -0.1) is 5.10 Å². The van der Waals surface area contributed by atoms with Crippen molar-refractivity contribution in [3.8, 4) is 0 Å². The first-order chi connectivity index (χ1) is 6.89. The first-order valence-corrected chi connectivity index (χ1v) is 5.46. The summed E-state index contributed by atoms with van der Waals surface area (Å²) in [4.78, 5) is 10.8. The van der Waals surface area contributed by atoms with Crippen molar-refractivity contribution < 1.29 is 17.1 Å². The van der Waals surface area contributed by atoms with E-state index in [1.807, 2.05) is 6.92 Å². The molecule has 8 heteroatoms. The Kier molecular flexibility index (Phi) is 3.42. The van der Waals surface area contributed by atoms with Crippen LogP contribution in [0.4, 0.5) is 0 Å². The number of aromatic amines is 1. The molecule has 86 valence electrons. The Bertz CT molecular complexity index is 410. The maximum absolute atomic E-state index is 11.1. The van der Waals surface area contributed by atoms with Crippen LogP contribution in [0.5, 0.6) is 0 Å². The molecular formula is C7H14N3O4S+. The molecule has 0 saturated carbocycles. The SMILES string of the molecule is CCC(c1n[nH]c(=O)o1)[N+](C)(C)S(=O)O. The molecule has 1 aromatic heterocycles. The maximum Gasteiger partial charge on any atom is 0.434 e. The molecule has 0 amide bonds. The third kappa shape index (κ3) is 2.33. The molecule has 2 unspecified atom stereocenters. The van der Waals surface area contributed by atoms with E-state index in [9.17, 15) is 9.00 Å². The van der Waals surface area contributed by atoms with Crippen LogP contribution in [-0.2, 0) is 11.3 Å². The van der Waals surface area contributed by atoms with Gasteiger partial charge in [-0.25, -0.2) is 13.8 Å². The molecule has 0 fully saturated rings. The number of quaternary nitrogens is 1. The predicted molar refractivity (Wildman–Crippen MR) is 53.0 cm³/mol. The third-order valence-electron chi connectivity index (χ3n) is 2.28. The van der Waals surface area contributed by atoms with Crippen molar-refractivity contribution in [3.63, 3.8) is 0 Å². The lowest BCUT2D eigenvalue weighted by molar-refractivity contribution is -0.800. The van der Waals surface area contributed by atoms with Crippen molar-refractivity contribution in [1.82, 2.24) is 10.2 Å². The van der Waals surface area contributed by atoms with Crippen molar-refractivity contribution in [3.05, 3.63) is 16.4 Å². The van der Waals surface area contributed by atoms with E-state index in [1.54, 1.807) is 14.1 Å². The zero-order chi connectivity index (χ0) is 11.6. The first-order valence-electron chi connectivity index (χ1n) is 4.40. The van der Waals surface area contributed by atoms with Gasteiger partial charge in [-0.1, -0.05) is 6.92 Å². The highest BCUT2D eigenvalue weighted by molar-refractivity contribution is 7.73. The summed E-state index contributed by atoms with van der Waals surface area (Å²) >= 11 is -2.08. The fraction of sp³-hybridized carbons (Fsp3) is 0.714. The van der Waals surface area contributed by atoms with E-state index < -0.39 is 23.1 Å². The molecule has 15 heavy (non-hydrogen) atoms. The highest BCUT2D eigenvalue weighted by Crippen LogP contribution is 2.27. The van der Waals surface area contributed by atoms with Crippen molar-refractivity contribution in [1.29, 1.82) is 0 Å². The van der Waals surface area contributed by atoms with E-state index in [0.29, 0.717) is 6.42 Å². The monoisotopic (exact) mass is 236 g/mol. The zero-order valence-corrected chi connectivity index (χ0v) is 9.58. The van der Waals surface area contributed by atoms with Crippen LogP contribution in [0.1, 0.15) is 25.3 Å². The molecule has 0 spiro atoms. The van der Waals surface area contributed by atoms with Gasteiger partial charge in [0.1, 0.15) is 0 Å². The minimum Gasteiger partial charge on any atom is -0.386 e. The average molecular weight is 236 g/mol. The molecule has 0 aliphatic carbocycles. The molecule has 2 N–H and O–H groups in total. The second-order valence-electron chi connectivity index (χ2n) is 3.54. The van der Waals surface area contributed by atoms with Gasteiger partial charge in [0.15, 0.2) is 6.04 Å². The number of rotatable bonds is 4. The molecule has 1 heterocycles. The topological polar surface area (TPSA) is 96.2 Å². The summed E-state index contributed by atoms with van der Waals surface area (Å²) < 4.78 is 24.8. The van der Waals surface area contributed by atoms with Crippen LogP contribution >= 0.6 is 0 Å². The number of nitrogens with one attached hydrogen (secondary N) is 1. The number of aromatic nitrogens is 2. The Morgan fingerprint density at radius 3 is 2.60 bits per heavy atom. The fourth-order valence-corrected chi connectivity index (χ4v) is 1.83. The number of H-pyrrole nitrogens is 1. The normalized spacial score (nSPS) is 16.3. The summed E-state index contributed by atoms with van der Waals surface area (Å²) in [5.41, 5.74) is 0. The smallest absolute Gasteiger partial charge is 0.386 e. The summed E-state index contributed by atoms with van der Waals surface area (Å²) in [5.74, 6) is -0.512. The van der Waals surface area contributed by atoms with Crippen molar-refractivity contribution in [2.24, 2.45) is 0 Å². The number of nitrogens with zero attached hydrogens (tertiary/aromatic N) is 2. The maximum atomic E-state index is 11.1. The lowest BCUT2D eigenvalue weighted by Gasteiger charge is -2.29. The van der Waals surface area contributed by atoms with Gasteiger partial charge < -0.3 is 4.42 Å². The van der Waals surface area contributed by atoms with E-state index in [2.05, 4.69) is 10.2 Å². The summed E-state index contributed by atoms with van der Waals surface area (Å²) in [6.07, 6.45) is 0.535. The Labute approximate surface area is 89.1 Å². The molecule has 0 aromatic carbocycles. The second-order valence-corrected chi connectivity index (χ2v) is 4.94. The molecule has 0 bridgehead atoms. The van der Waals surface area contributed by atoms with Crippen LogP contribution in [0.3, 0.4) is 0 Å². The number of hydrogen-bond donors (Lipinski definition) is 2. The van der Waals surface area contributed by atoms with Gasteiger partial charge in [-0.05, 0) is 0 Å². The second kappa shape index (κ2) is 4.25. The van der Waals surface area contributed by atoms with Gasteiger partial charge >= 0.3 is 17.0 Å². The van der Waals surface area contributed by atoms with Crippen LogP contribution in [0.2, 0.25) is 0 Å². The summed E-state index contributed by atoms with van der Waals surface area (Å²) in [7, 11) is 3.14. The van der Waals surface area contributed by atoms with E-state index in [-0.39, 0.29) is 9.78 Å². The van der Waals surface area contributed by atoms with Crippen LogP contribution < -0.4 is 5.76 Å². The molecule has 0 aliphatic heterocycles. The van der Waals surface area contributed by atoms with Gasteiger partial charge in [0.2, 0.25) is 0 Å². The van der Waals surface area contributed by atoms with Crippen LogP contribution in [0.25, 0.3) is 0 Å². The van der Waals surface area contributed by atoms with Crippen molar-refractivity contribution >= 4 is 11.3 Å². The van der Waals surface area contributed by atoms with Crippen molar-refractivity contribution in [2.75, 3.05) is 14.1 Å². The zero-order valence-electron chi connectivity index (χ0n) is 8.76. The lowest BCUT2D eigenvalue weighted by atomic mass is 10.2. The largest absolute Gasteiger partial charge is 0.434 e. The fourth-order valence-electron chi connectivity index (χ4n) is 1.37. The summed E-state index contributed by atoms with van der Waals surface area (Å²) in [6.45, 7) is 1.83. The Balaban J connectivity index is 3.09. The van der Waals surface area contributed by atoms with Crippen LogP contribution in [0, 0.1) is 0 Å². The van der Waals surface area contributed by atoms with Crippen LogP contribution in [0.15, 0.2) is 9.21 Å². The highest BCUT2D eigenvalue weighted by atomic mass is 32.2. The van der Waals surface area contributed by atoms with Gasteiger partial charge in [0.05, 0.1) is 14.1 Å². The standard InChI is InChI=1S/C7H13N3O4S/c1-4-5(10(2,3)15(12)13)6-8-9-7(11)14-6/h5H,4H2,1-3H3,(H-,9,11,12,13)/p+1. The minimum atomic E-state index is -2.08. The molecule has 2 atom stereocenters. The summed E-state index contributed by atoms with van der Waals surface area (Å²) in [6, 6.07) is -0.435. The Hall–Kier alpha value is -0.990. The Morgan fingerprint density at radius 2 is 2.27 bits per heavy atom. The molecule has 1 aromatic rings. The Morgan fingerprint density at radius 1 is 1.67 bits per heavy atom. The molecule has 0 saturated heterocycles. The van der Waals surface area contributed by atoms with Gasteiger partial charge in [-0.3, -0.25) is 4.55 Å². The molecule has 0 aliphatic rings. The van der Waals surface area contributed by atoms with Gasteiger partial charge in [0, 0.05) is 6.42 Å². The van der Waals surface area contributed by atoms with Gasteiger partial charge in [0.25, 0.3) is 5.89 Å². The summed E-state index contributed by atoms with van der Waals surface area (Å²) in [5, 5.41) is 5.80. The highest BCUT2D eigenvalue weighted by Gasteiger charge is 2.38. The van der Waals surface area contributed by atoms with E-state index in [0.717, 1.165) is 0 Å². The third-order valence-corrected chi connectivity index (χ3v) is 3.34. The lowest BCUT2D eigenvalue weighted by Crippen LogP contribution is -2.44.